The zero-order valence-corrected chi connectivity index (χ0v) is 17.3. The molecule has 0 spiro atoms. The third kappa shape index (κ3) is 3.70. The Labute approximate surface area is 170 Å². The number of nitrogens with zero attached hydrogens (tertiary/aromatic N) is 1. The molecule has 0 aliphatic carbocycles. The fraction of sp³-hybridized carbons (Fsp3) is 0.364. The summed E-state index contributed by atoms with van der Waals surface area (Å²) in [5.74, 6) is 1.52. The van der Waals surface area contributed by atoms with Crippen LogP contribution in [0.25, 0.3) is 10.9 Å². The van der Waals surface area contributed by atoms with Gasteiger partial charge in [0.1, 0.15) is 6.61 Å². The van der Waals surface area contributed by atoms with Crippen LogP contribution < -0.4 is 14.8 Å². The average molecular weight is 400 g/mol. The van der Waals surface area contributed by atoms with Gasteiger partial charge in [-0.1, -0.05) is 17.7 Å². The zero-order chi connectivity index (χ0) is 19.7. The van der Waals surface area contributed by atoms with Gasteiger partial charge in [0.05, 0.1) is 13.2 Å². The van der Waals surface area contributed by atoms with Gasteiger partial charge in [0.25, 0.3) is 0 Å². The van der Waals surface area contributed by atoms with Crippen LogP contribution >= 0.6 is 11.6 Å². The molecule has 2 heterocycles. The largest absolute Gasteiger partial charge is 0.493 e. The first-order chi connectivity index (χ1) is 13.6. The first-order valence-electron chi connectivity index (χ1n) is 9.55. The van der Waals surface area contributed by atoms with E-state index in [1.165, 1.54) is 16.6 Å². The molecule has 1 aliphatic rings. The van der Waals surface area contributed by atoms with Crippen LogP contribution in [0.15, 0.2) is 36.4 Å². The Morgan fingerprint density at radius 3 is 2.79 bits per heavy atom. The van der Waals surface area contributed by atoms with Crippen molar-refractivity contribution in [2.45, 2.75) is 12.5 Å². The number of hydrogen-bond donors (Lipinski definition) is 2. The molecule has 0 saturated carbocycles. The fourth-order valence-corrected chi connectivity index (χ4v) is 3.98. The number of methoxy groups -OCH3 is 1. The van der Waals surface area contributed by atoms with Crippen LogP contribution in [0.2, 0.25) is 5.02 Å². The first-order valence-corrected chi connectivity index (χ1v) is 9.93. The summed E-state index contributed by atoms with van der Waals surface area (Å²) in [4.78, 5) is 5.69. The number of ether oxygens (including phenoxy) is 2. The third-order valence-electron chi connectivity index (χ3n) is 5.23. The highest BCUT2D eigenvalue weighted by atomic mass is 35.5. The van der Waals surface area contributed by atoms with Crippen molar-refractivity contribution in [2.24, 2.45) is 0 Å². The molecule has 0 radical (unpaired) electrons. The van der Waals surface area contributed by atoms with E-state index >= 15 is 0 Å². The Balaban J connectivity index is 1.66. The Bertz CT molecular complexity index is 983. The van der Waals surface area contributed by atoms with E-state index in [0.29, 0.717) is 6.61 Å². The highest BCUT2D eigenvalue weighted by molar-refractivity contribution is 6.31. The molecule has 1 atom stereocenters. The normalized spacial score (nSPS) is 16.4. The lowest BCUT2D eigenvalue weighted by Gasteiger charge is -2.25. The Hall–Kier alpha value is -2.21. The van der Waals surface area contributed by atoms with E-state index in [9.17, 15) is 0 Å². The van der Waals surface area contributed by atoms with Crippen LogP contribution in [0.5, 0.6) is 11.5 Å². The quantitative estimate of drug-likeness (QED) is 0.657. The highest BCUT2D eigenvalue weighted by Crippen LogP contribution is 2.37. The number of rotatable bonds is 6. The van der Waals surface area contributed by atoms with Crippen molar-refractivity contribution in [3.05, 3.63) is 58.2 Å². The van der Waals surface area contributed by atoms with Crippen molar-refractivity contribution in [3.63, 3.8) is 0 Å². The number of likely N-dealkylation sites (N-methyl/N-ethyl adjacent to an activating group) is 1. The number of fused-ring (bicyclic) bond motifs is 3. The van der Waals surface area contributed by atoms with Crippen LogP contribution in [-0.4, -0.2) is 50.8 Å². The van der Waals surface area contributed by atoms with Crippen molar-refractivity contribution in [1.29, 1.82) is 0 Å². The molecule has 5 nitrogen and oxygen atoms in total. The van der Waals surface area contributed by atoms with E-state index < -0.39 is 0 Å². The van der Waals surface area contributed by atoms with Crippen molar-refractivity contribution in [2.75, 3.05) is 40.9 Å². The van der Waals surface area contributed by atoms with Crippen LogP contribution in [0, 0.1) is 0 Å². The maximum Gasteiger partial charge on any atom is 0.161 e. The van der Waals surface area contributed by atoms with E-state index in [1.807, 2.05) is 26.2 Å². The SMILES string of the molecule is COc1cc(C2NCCc3c2[nH]c2ccc(Cl)cc32)ccc1OCCN(C)C. The van der Waals surface area contributed by atoms with Gasteiger partial charge in [-0.15, -0.1) is 0 Å². The van der Waals surface area contributed by atoms with Gasteiger partial charge in [-0.05, 0) is 62.0 Å². The molecule has 0 amide bonds. The zero-order valence-electron chi connectivity index (χ0n) is 16.5. The minimum absolute atomic E-state index is 0.0830. The molecule has 0 saturated heterocycles. The fourth-order valence-electron chi connectivity index (χ4n) is 3.81. The number of aromatic nitrogens is 1. The van der Waals surface area contributed by atoms with Gasteiger partial charge in [0.15, 0.2) is 11.5 Å². The molecule has 148 valence electrons. The number of aromatic amines is 1. The molecule has 28 heavy (non-hydrogen) atoms. The number of benzene rings is 2. The molecule has 1 aromatic heterocycles. The lowest BCUT2D eigenvalue weighted by atomic mass is 9.94. The van der Waals surface area contributed by atoms with E-state index in [2.05, 4.69) is 39.5 Å². The van der Waals surface area contributed by atoms with Gasteiger partial charge < -0.3 is 24.7 Å². The van der Waals surface area contributed by atoms with Gasteiger partial charge in [0, 0.05) is 34.7 Å². The molecule has 2 aromatic carbocycles. The summed E-state index contributed by atoms with van der Waals surface area (Å²) in [5.41, 5.74) is 4.81. The molecule has 1 aliphatic heterocycles. The number of nitrogens with one attached hydrogen (secondary N) is 2. The minimum Gasteiger partial charge on any atom is -0.493 e. The monoisotopic (exact) mass is 399 g/mol. The molecule has 3 aromatic rings. The van der Waals surface area contributed by atoms with Crippen LogP contribution in [-0.2, 0) is 6.42 Å². The number of H-pyrrole nitrogens is 1. The second kappa shape index (κ2) is 8.03. The van der Waals surface area contributed by atoms with Crippen LogP contribution in [0.4, 0.5) is 0 Å². The predicted molar refractivity (Wildman–Crippen MR) is 114 cm³/mol. The molecule has 1 unspecified atom stereocenters. The summed E-state index contributed by atoms with van der Waals surface area (Å²) in [7, 11) is 5.75. The number of halogens is 1. The summed E-state index contributed by atoms with van der Waals surface area (Å²) in [6, 6.07) is 12.3. The summed E-state index contributed by atoms with van der Waals surface area (Å²) < 4.78 is 11.5. The second-order valence-corrected chi connectivity index (χ2v) is 7.84. The van der Waals surface area contributed by atoms with E-state index in [1.54, 1.807) is 7.11 Å². The van der Waals surface area contributed by atoms with Crippen LogP contribution in [0.1, 0.15) is 22.9 Å². The van der Waals surface area contributed by atoms with Crippen molar-refractivity contribution in [1.82, 2.24) is 15.2 Å². The smallest absolute Gasteiger partial charge is 0.161 e. The van der Waals surface area contributed by atoms with Gasteiger partial charge >= 0.3 is 0 Å². The summed E-state index contributed by atoms with van der Waals surface area (Å²) in [6.45, 7) is 2.40. The van der Waals surface area contributed by atoms with Crippen molar-refractivity contribution >= 4 is 22.5 Å². The molecule has 0 fully saturated rings. The summed E-state index contributed by atoms with van der Waals surface area (Å²) >= 11 is 6.23. The summed E-state index contributed by atoms with van der Waals surface area (Å²) in [5, 5.41) is 5.61. The maximum atomic E-state index is 6.23. The first kappa shape index (κ1) is 19.1. The van der Waals surface area contributed by atoms with E-state index in [4.69, 9.17) is 21.1 Å². The Morgan fingerprint density at radius 2 is 2.00 bits per heavy atom. The van der Waals surface area contributed by atoms with Gasteiger partial charge in [-0.2, -0.15) is 0 Å². The summed E-state index contributed by atoms with van der Waals surface area (Å²) in [6.07, 6.45) is 0.981. The standard InChI is InChI=1S/C22H26ClN3O2/c1-26(2)10-11-28-19-7-4-14(12-20(19)27-3)21-22-16(8-9-24-21)17-13-15(23)5-6-18(17)25-22/h4-7,12-13,21,24-25H,8-11H2,1-3H3. The van der Waals surface area contributed by atoms with Gasteiger partial charge in [-0.25, -0.2) is 0 Å². The maximum absolute atomic E-state index is 6.23. The lowest BCUT2D eigenvalue weighted by Crippen LogP contribution is -2.30. The van der Waals surface area contributed by atoms with Crippen molar-refractivity contribution < 1.29 is 9.47 Å². The second-order valence-electron chi connectivity index (χ2n) is 7.41. The molecule has 4 rings (SSSR count). The van der Waals surface area contributed by atoms with E-state index in [-0.39, 0.29) is 6.04 Å². The predicted octanol–water partition coefficient (Wildman–Crippen LogP) is 4.01. The topological polar surface area (TPSA) is 49.5 Å². The molecule has 6 heteroatoms. The highest BCUT2D eigenvalue weighted by Gasteiger charge is 2.26. The third-order valence-corrected chi connectivity index (χ3v) is 5.47. The molecule has 0 bridgehead atoms. The number of hydrogen-bond acceptors (Lipinski definition) is 4. The average Bonchev–Trinajstić information content (AvgIpc) is 3.06. The minimum atomic E-state index is 0.0830. The van der Waals surface area contributed by atoms with E-state index in [0.717, 1.165) is 47.1 Å². The Morgan fingerprint density at radius 1 is 1.14 bits per heavy atom. The van der Waals surface area contributed by atoms with Gasteiger partial charge in [-0.3, -0.25) is 0 Å². The molecular formula is C22H26ClN3O2. The van der Waals surface area contributed by atoms with Crippen LogP contribution in [0.3, 0.4) is 0 Å². The Kier molecular flexibility index (Phi) is 5.49. The molecule has 2 N–H and O–H groups in total. The molecular weight excluding hydrogens is 374 g/mol. The van der Waals surface area contributed by atoms with Crippen molar-refractivity contribution in [3.8, 4) is 11.5 Å². The lowest BCUT2D eigenvalue weighted by molar-refractivity contribution is 0.250. The van der Waals surface area contributed by atoms with Gasteiger partial charge in [0.2, 0.25) is 0 Å².